The van der Waals surface area contributed by atoms with Gasteiger partial charge in [0.15, 0.2) is 0 Å². The number of benzene rings is 2. The van der Waals surface area contributed by atoms with Gasteiger partial charge in [0.05, 0.1) is 6.10 Å². The number of aryl methyl sites for hydroxylation is 1. The highest BCUT2D eigenvalue weighted by molar-refractivity contribution is 6.01. The molecule has 0 radical (unpaired) electrons. The van der Waals surface area contributed by atoms with Crippen LogP contribution in [-0.4, -0.2) is 24.5 Å². The first kappa shape index (κ1) is 19.5. The van der Waals surface area contributed by atoms with Gasteiger partial charge in [-0.2, -0.15) is 0 Å². The Morgan fingerprint density at radius 2 is 1.65 bits per heavy atom. The molecule has 5 heteroatoms. The molecule has 0 aliphatic rings. The van der Waals surface area contributed by atoms with Gasteiger partial charge in [-0.05, 0) is 62.2 Å². The van der Waals surface area contributed by atoms with Crippen molar-refractivity contribution in [3.63, 3.8) is 0 Å². The van der Waals surface area contributed by atoms with Gasteiger partial charge in [0.1, 0.15) is 12.3 Å². The lowest BCUT2D eigenvalue weighted by molar-refractivity contribution is -0.120. The molecule has 0 aliphatic carbocycles. The van der Waals surface area contributed by atoms with E-state index in [4.69, 9.17) is 4.74 Å². The SMILES string of the molecule is CCc1ccc(N(CC(=O)Nc2ccc(OC(C)C)cc2)C(C)=O)cc1. The van der Waals surface area contributed by atoms with Crippen molar-refractivity contribution < 1.29 is 14.3 Å². The topological polar surface area (TPSA) is 58.6 Å². The minimum atomic E-state index is -0.253. The molecule has 138 valence electrons. The maximum atomic E-state index is 12.4. The number of carbonyl (C=O) groups excluding carboxylic acids is 2. The maximum Gasteiger partial charge on any atom is 0.244 e. The number of carbonyl (C=O) groups is 2. The van der Waals surface area contributed by atoms with Crippen LogP contribution in [0.1, 0.15) is 33.3 Å². The molecule has 1 N–H and O–H groups in total. The Morgan fingerprint density at radius 3 is 2.15 bits per heavy atom. The number of nitrogens with zero attached hydrogens (tertiary/aromatic N) is 1. The lowest BCUT2D eigenvalue weighted by Crippen LogP contribution is -2.36. The van der Waals surface area contributed by atoms with Gasteiger partial charge < -0.3 is 15.0 Å². The molecule has 0 spiro atoms. The van der Waals surface area contributed by atoms with Crippen LogP contribution in [0.2, 0.25) is 0 Å². The fraction of sp³-hybridized carbons (Fsp3) is 0.333. The minimum absolute atomic E-state index is 0.0367. The van der Waals surface area contributed by atoms with E-state index in [9.17, 15) is 9.59 Å². The first-order chi connectivity index (χ1) is 12.4. The van der Waals surface area contributed by atoms with Gasteiger partial charge in [-0.3, -0.25) is 9.59 Å². The Hall–Kier alpha value is -2.82. The van der Waals surface area contributed by atoms with Crippen molar-refractivity contribution in [1.29, 1.82) is 0 Å². The zero-order chi connectivity index (χ0) is 19.1. The second-order valence-electron chi connectivity index (χ2n) is 6.36. The van der Waals surface area contributed by atoms with Crippen LogP contribution in [0.4, 0.5) is 11.4 Å². The Balaban J connectivity index is 2.02. The van der Waals surface area contributed by atoms with Crippen molar-refractivity contribution in [3.05, 3.63) is 54.1 Å². The molecular weight excluding hydrogens is 328 g/mol. The van der Waals surface area contributed by atoms with Crippen LogP contribution in [0, 0.1) is 0 Å². The summed E-state index contributed by atoms with van der Waals surface area (Å²) < 4.78 is 5.58. The summed E-state index contributed by atoms with van der Waals surface area (Å²) in [6.45, 7) is 7.41. The Morgan fingerprint density at radius 1 is 1.04 bits per heavy atom. The van der Waals surface area contributed by atoms with Crippen LogP contribution >= 0.6 is 0 Å². The number of rotatable bonds is 7. The van der Waals surface area contributed by atoms with E-state index in [1.54, 1.807) is 12.1 Å². The van der Waals surface area contributed by atoms with Gasteiger partial charge in [0, 0.05) is 18.3 Å². The average molecular weight is 354 g/mol. The van der Waals surface area contributed by atoms with E-state index in [-0.39, 0.29) is 24.5 Å². The van der Waals surface area contributed by atoms with Crippen LogP contribution in [0.25, 0.3) is 0 Å². The summed E-state index contributed by atoms with van der Waals surface area (Å²) in [6.07, 6.45) is 1.02. The fourth-order valence-electron chi connectivity index (χ4n) is 2.53. The summed E-state index contributed by atoms with van der Waals surface area (Å²) in [5.74, 6) is 0.321. The molecule has 2 aromatic carbocycles. The smallest absolute Gasteiger partial charge is 0.244 e. The molecule has 0 unspecified atom stereocenters. The summed E-state index contributed by atoms with van der Waals surface area (Å²) in [7, 11) is 0. The van der Waals surface area contributed by atoms with Gasteiger partial charge in [0.2, 0.25) is 11.8 Å². The van der Waals surface area contributed by atoms with E-state index >= 15 is 0 Å². The molecule has 0 saturated heterocycles. The lowest BCUT2D eigenvalue weighted by Gasteiger charge is -2.21. The molecule has 26 heavy (non-hydrogen) atoms. The van der Waals surface area contributed by atoms with Crippen LogP contribution < -0.4 is 15.0 Å². The third-order valence-electron chi connectivity index (χ3n) is 3.85. The highest BCUT2D eigenvalue weighted by Crippen LogP contribution is 2.18. The van der Waals surface area contributed by atoms with Crippen LogP contribution in [0.5, 0.6) is 5.75 Å². The number of anilines is 2. The second-order valence-corrected chi connectivity index (χ2v) is 6.36. The third-order valence-corrected chi connectivity index (χ3v) is 3.85. The highest BCUT2D eigenvalue weighted by atomic mass is 16.5. The van der Waals surface area contributed by atoms with Crippen molar-refractivity contribution in [1.82, 2.24) is 0 Å². The first-order valence-electron chi connectivity index (χ1n) is 8.82. The van der Waals surface area contributed by atoms with E-state index < -0.39 is 0 Å². The normalized spacial score (nSPS) is 10.5. The van der Waals surface area contributed by atoms with Crippen molar-refractivity contribution >= 4 is 23.2 Å². The summed E-state index contributed by atoms with van der Waals surface area (Å²) in [5.41, 5.74) is 2.56. The molecule has 0 saturated carbocycles. The molecule has 0 aliphatic heterocycles. The quantitative estimate of drug-likeness (QED) is 0.817. The van der Waals surface area contributed by atoms with Gasteiger partial charge in [0.25, 0.3) is 0 Å². The van der Waals surface area contributed by atoms with Gasteiger partial charge in [-0.1, -0.05) is 19.1 Å². The molecule has 5 nitrogen and oxygen atoms in total. The van der Waals surface area contributed by atoms with Crippen molar-refractivity contribution in [2.45, 2.75) is 40.2 Å². The summed E-state index contributed by atoms with van der Waals surface area (Å²) in [6, 6.07) is 14.8. The van der Waals surface area contributed by atoms with E-state index in [0.717, 1.165) is 12.2 Å². The zero-order valence-corrected chi connectivity index (χ0v) is 15.8. The molecular formula is C21H26N2O3. The van der Waals surface area contributed by atoms with E-state index in [2.05, 4.69) is 12.2 Å². The maximum absolute atomic E-state index is 12.4. The summed E-state index contributed by atoms with van der Waals surface area (Å²) in [4.78, 5) is 25.8. The fourth-order valence-corrected chi connectivity index (χ4v) is 2.53. The van der Waals surface area contributed by atoms with Crippen molar-refractivity contribution in [2.24, 2.45) is 0 Å². The Kier molecular flexibility index (Phi) is 6.78. The van der Waals surface area contributed by atoms with E-state index in [0.29, 0.717) is 11.4 Å². The molecule has 2 aromatic rings. The van der Waals surface area contributed by atoms with Crippen LogP contribution in [0.3, 0.4) is 0 Å². The first-order valence-corrected chi connectivity index (χ1v) is 8.82. The Bertz CT molecular complexity index is 737. The summed E-state index contributed by atoms with van der Waals surface area (Å²) in [5, 5.41) is 2.81. The second kappa shape index (κ2) is 9.04. The van der Waals surface area contributed by atoms with Gasteiger partial charge in [-0.15, -0.1) is 0 Å². The summed E-state index contributed by atoms with van der Waals surface area (Å²) >= 11 is 0. The largest absolute Gasteiger partial charge is 0.491 e. The molecule has 2 amide bonds. The van der Waals surface area contributed by atoms with Crippen molar-refractivity contribution in [2.75, 3.05) is 16.8 Å². The van der Waals surface area contributed by atoms with Gasteiger partial charge in [-0.25, -0.2) is 0 Å². The molecule has 2 rings (SSSR count). The van der Waals surface area contributed by atoms with Crippen molar-refractivity contribution in [3.8, 4) is 5.75 Å². The van der Waals surface area contributed by atoms with E-state index in [1.165, 1.54) is 17.4 Å². The molecule has 0 heterocycles. The number of hydrogen-bond donors (Lipinski definition) is 1. The standard InChI is InChI=1S/C21H26N2O3/c1-5-17-6-10-19(11-7-17)23(16(4)24)14-21(25)22-18-8-12-20(13-9-18)26-15(2)3/h6-13,15H,5,14H2,1-4H3,(H,22,25). The predicted octanol–water partition coefficient (Wildman–Crippen LogP) is 4.03. The lowest BCUT2D eigenvalue weighted by atomic mass is 10.1. The monoisotopic (exact) mass is 354 g/mol. The molecule has 0 bridgehead atoms. The van der Waals surface area contributed by atoms with Gasteiger partial charge >= 0.3 is 0 Å². The molecule has 0 fully saturated rings. The predicted molar refractivity (Wildman–Crippen MR) is 105 cm³/mol. The van der Waals surface area contributed by atoms with Crippen LogP contribution in [0.15, 0.2) is 48.5 Å². The third kappa shape index (κ3) is 5.62. The Labute approximate surface area is 155 Å². The molecule has 0 aromatic heterocycles. The minimum Gasteiger partial charge on any atom is -0.491 e. The average Bonchev–Trinajstić information content (AvgIpc) is 2.61. The highest BCUT2D eigenvalue weighted by Gasteiger charge is 2.16. The number of hydrogen-bond acceptors (Lipinski definition) is 3. The number of nitrogens with one attached hydrogen (secondary N) is 1. The number of ether oxygens (including phenoxy) is 1. The zero-order valence-electron chi connectivity index (χ0n) is 15.8. The number of amides is 2. The van der Waals surface area contributed by atoms with Crippen LogP contribution in [-0.2, 0) is 16.0 Å². The molecule has 0 atom stereocenters. The van der Waals surface area contributed by atoms with E-state index in [1.807, 2.05) is 50.2 Å².